The maximum absolute atomic E-state index is 13.3. The number of allylic oxidation sites excluding steroid dienone is 2. The summed E-state index contributed by atoms with van der Waals surface area (Å²) in [6.45, 7) is 6.08. The molecule has 2 heteroatoms. The molecule has 0 aromatic heterocycles. The Labute approximate surface area is 153 Å². The van der Waals surface area contributed by atoms with Gasteiger partial charge < -0.3 is 0 Å². The molecular formula is C24H20O2. The number of ketones is 2. The largest absolute Gasteiger partial charge is 0.289 e. The first-order valence-electron chi connectivity index (χ1n) is 8.85. The van der Waals surface area contributed by atoms with Crippen molar-refractivity contribution >= 4 is 22.3 Å². The highest BCUT2D eigenvalue weighted by Crippen LogP contribution is 2.33. The normalized spacial score (nSPS) is 12.7. The number of carbonyl (C=O) groups excluding carboxylic acids is 2. The lowest BCUT2D eigenvalue weighted by atomic mass is 9.79. The smallest absolute Gasteiger partial charge is 0.194 e. The van der Waals surface area contributed by atoms with E-state index in [9.17, 15) is 9.59 Å². The zero-order valence-corrected chi connectivity index (χ0v) is 15.2. The van der Waals surface area contributed by atoms with Crippen LogP contribution in [-0.4, -0.2) is 11.6 Å². The predicted octanol–water partition coefficient (Wildman–Crippen LogP) is 5.43. The fourth-order valence-electron chi connectivity index (χ4n) is 3.67. The minimum Gasteiger partial charge on any atom is -0.289 e. The predicted molar refractivity (Wildman–Crippen MR) is 105 cm³/mol. The van der Waals surface area contributed by atoms with Gasteiger partial charge in [0.1, 0.15) is 0 Å². The Hall–Kier alpha value is -3.00. The van der Waals surface area contributed by atoms with Crippen LogP contribution >= 0.6 is 0 Å². The fraction of sp³-hybridized carbons (Fsp3) is 0.167. The van der Waals surface area contributed by atoms with Crippen molar-refractivity contribution in [1.82, 2.24) is 0 Å². The standard InChI is InChI=1S/C24H20O2/c1-14(2)8-10-18-15(3)9-11-19-22(18)24(26)21-13-17-7-5-4-6-16(17)12-20(21)23(19)25/h4-9,11-13H,10H2,1-3H3. The molecule has 0 amide bonds. The van der Waals surface area contributed by atoms with Gasteiger partial charge in [-0.1, -0.05) is 48.0 Å². The highest BCUT2D eigenvalue weighted by Gasteiger charge is 2.32. The van der Waals surface area contributed by atoms with Crippen molar-refractivity contribution in [2.45, 2.75) is 27.2 Å². The van der Waals surface area contributed by atoms with Crippen LogP contribution in [0.1, 0.15) is 56.8 Å². The van der Waals surface area contributed by atoms with Crippen LogP contribution < -0.4 is 0 Å². The summed E-state index contributed by atoms with van der Waals surface area (Å²) in [7, 11) is 0. The summed E-state index contributed by atoms with van der Waals surface area (Å²) in [6.07, 6.45) is 2.77. The maximum atomic E-state index is 13.3. The van der Waals surface area contributed by atoms with Gasteiger partial charge in [0.05, 0.1) is 0 Å². The van der Waals surface area contributed by atoms with Gasteiger partial charge in [-0.25, -0.2) is 0 Å². The molecule has 3 aromatic carbocycles. The van der Waals surface area contributed by atoms with Gasteiger partial charge in [-0.05, 0) is 61.2 Å². The molecule has 1 aliphatic rings. The van der Waals surface area contributed by atoms with E-state index in [1.807, 2.05) is 63.2 Å². The maximum Gasteiger partial charge on any atom is 0.194 e. The van der Waals surface area contributed by atoms with Crippen LogP contribution in [0.2, 0.25) is 0 Å². The molecule has 0 bridgehead atoms. The number of carbonyl (C=O) groups is 2. The van der Waals surface area contributed by atoms with E-state index < -0.39 is 0 Å². The molecular weight excluding hydrogens is 320 g/mol. The first-order chi connectivity index (χ1) is 12.5. The Kier molecular flexibility index (Phi) is 3.84. The third kappa shape index (κ3) is 2.50. The van der Waals surface area contributed by atoms with Gasteiger partial charge in [0.15, 0.2) is 11.6 Å². The number of fused-ring (bicyclic) bond motifs is 3. The van der Waals surface area contributed by atoms with Gasteiger partial charge in [0.25, 0.3) is 0 Å². The number of benzene rings is 3. The second-order valence-corrected chi connectivity index (χ2v) is 7.17. The minimum atomic E-state index is -0.0567. The van der Waals surface area contributed by atoms with Crippen molar-refractivity contribution in [2.24, 2.45) is 0 Å². The number of hydrogen-bond acceptors (Lipinski definition) is 2. The van der Waals surface area contributed by atoms with Crippen LogP contribution in [0, 0.1) is 6.92 Å². The summed E-state index contributed by atoms with van der Waals surface area (Å²) in [5.41, 5.74) is 5.34. The highest BCUT2D eigenvalue weighted by atomic mass is 16.1. The van der Waals surface area contributed by atoms with Crippen LogP contribution in [0.15, 0.2) is 60.2 Å². The SMILES string of the molecule is CC(C)=CCc1c(C)ccc2c1C(=O)c1cc3ccccc3cc1C2=O. The van der Waals surface area contributed by atoms with Crippen LogP contribution in [-0.2, 0) is 6.42 Å². The fourth-order valence-corrected chi connectivity index (χ4v) is 3.67. The molecule has 0 unspecified atom stereocenters. The van der Waals surface area contributed by atoms with Crippen molar-refractivity contribution in [1.29, 1.82) is 0 Å². The van der Waals surface area contributed by atoms with Crippen molar-refractivity contribution in [3.05, 3.63) is 93.6 Å². The summed E-state index contributed by atoms with van der Waals surface area (Å²) in [5, 5.41) is 1.96. The molecule has 0 atom stereocenters. The zero-order valence-electron chi connectivity index (χ0n) is 15.2. The van der Waals surface area contributed by atoms with Crippen molar-refractivity contribution in [3.63, 3.8) is 0 Å². The van der Waals surface area contributed by atoms with Crippen LogP contribution in [0.4, 0.5) is 0 Å². The van der Waals surface area contributed by atoms with E-state index >= 15 is 0 Å². The molecule has 0 fully saturated rings. The Morgan fingerprint density at radius 3 is 2.08 bits per heavy atom. The minimum absolute atomic E-state index is 0.0405. The van der Waals surface area contributed by atoms with Crippen molar-refractivity contribution < 1.29 is 9.59 Å². The van der Waals surface area contributed by atoms with Crippen LogP contribution in [0.25, 0.3) is 10.8 Å². The lowest BCUT2D eigenvalue weighted by Gasteiger charge is -2.22. The summed E-state index contributed by atoms with van der Waals surface area (Å²) in [5.74, 6) is -0.0972. The molecule has 4 rings (SSSR count). The van der Waals surface area contributed by atoms with E-state index in [2.05, 4.69) is 6.08 Å². The third-order valence-corrected chi connectivity index (χ3v) is 5.11. The van der Waals surface area contributed by atoms with Gasteiger partial charge in [-0.15, -0.1) is 0 Å². The summed E-state index contributed by atoms with van der Waals surface area (Å²) >= 11 is 0. The number of aryl methyl sites for hydroxylation is 1. The van der Waals surface area contributed by atoms with Crippen molar-refractivity contribution in [3.8, 4) is 0 Å². The molecule has 0 N–H and O–H groups in total. The Morgan fingerprint density at radius 1 is 0.846 bits per heavy atom. The molecule has 2 nitrogen and oxygen atoms in total. The van der Waals surface area contributed by atoms with Gasteiger partial charge in [-0.3, -0.25) is 9.59 Å². The van der Waals surface area contributed by atoms with E-state index in [0.717, 1.165) is 21.9 Å². The first-order valence-corrected chi connectivity index (χ1v) is 8.85. The molecule has 0 saturated heterocycles. The summed E-state index contributed by atoms with van der Waals surface area (Å²) in [6, 6.07) is 15.3. The van der Waals surface area contributed by atoms with Gasteiger partial charge in [0, 0.05) is 22.3 Å². The molecule has 3 aromatic rings. The van der Waals surface area contributed by atoms with E-state index in [1.165, 1.54) is 5.57 Å². The molecule has 0 aliphatic heterocycles. The van der Waals surface area contributed by atoms with Crippen LogP contribution in [0.3, 0.4) is 0 Å². The topological polar surface area (TPSA) is 34.1 Å². The third-order valence-electron chi connectivity index (χ3n) is 5.11. The molecule has 0 heterocycles. The van der Waals surface area contributed by atoms with Gasteiger partial charge in [0.2, 0.25) is 0 Å². The monoisotopic (exact) mass is 340 g/mol. The Bertz CT molecular complexity index is 1110. The van der Waals surface area contributed by atoms with Crippen molar-refractivity contribution in [2.75, 3.05) is 0 Å². The molecule has 1 aliphatic carbocycles. The molecule has 0 spiro atoms. The zero-order chi connectivity index (χ0) is 18.4. The van der Waals surface area contributed by atoms with E-state index in [0.29, 0.717) is 28.7 Å². The molecule has 128 valence electrons. The van der Waals surface area contributed by atoms with Gasteiger partial charge in [-0.2, -0.15) is 0 Å². The lowest BCUT2D eigenvalue weighted by Crippen LogP contribution is -2.23. The second-order valence-electron chi connectivity index (χ2n) is 7.17. The average Bonchev–Trinajstić information content (AvgIpc) is 2.63. The second kappa shape index (κ2) is 6.06. The summed E-state index contributed by atoms with van der Waals surface area (Å²) < 4.78 is 0. The van der Waals surface area contributed by atoms with Crippen LogP contribution in [0.5, 0.6) is 0 Å². The molecule has 26 heavy (non-hydrogen) atoms. The lowest BCUT2D eigenvalue weighted by molar-refractivity contribution is 0.0978. The quantitative estimate of drug-likeness (QED) is 0.456. The highest BCUT2D eigenvalue weighted by molar-refractivity contribution is 6.30. The summed E-state index contributed by atoms with van der Waals surface area (Å²) in [4.78, 5) is 26.5. The Balaban J connectivity index is 1.97. The van der Waals surface area contributed by atoms with E-state index in [1.54, 1.807) is 6.07 Å². The first kappa shape index (κ1) is 16.5. The van der Waals surface area contributed by atoms with Gasteiger partial charge >= 0.3 is 0 Å². The van der Waals surface area contributed by atoms with E-state index in [-0.39, 0.29) is 11.6 Å². The number of rotatable bonds is 2. The molecule has 0 radical (unpaired) electrons. The molecule has 0 saturated carbocycles. The average molecular weight is 340 g/mol. The Morgan fingerprint density at radius 2 is 1.46 bits per heavy atom. The number of hydrogen-bond donors (Lipinski definition) is 0. The van der Waals surface area contributed by atoms with E-state index in [4.69, 9.17) is 0 Å².